The highest BCUT2D eigenvalue weighted by atomic mass is 35.5. The number of rotatable bonds is 5. The molecule has 1 aliphatic heterocycles. The molecule has 28 heavy (non-hydrogen) atoms. The number of carbonyl (C=O) groups is 1. The van der Waals surface area contributed by atoms with Gasteiger partial charge in [0.15, 0.2) is 0 Å². The van der Waals surface area contributed by atoms with Crippen molar-refractivity contribution in [3.05, 3.63) is 63.2 Å². The maximum atomic E-state index is 12.8. The van der Waals surface area contributed by atoms with Gasteiger partial charge in [-0.3, -0.25) is 14.9 Å². The molecule has 0 radical (unpaired) electrons. The van der Waals surface area contributed by atoms with E-state index in [1.54, 1.807) is 35.2 Å². The summed E-state index contributed by atoms with van der Waals surface area (Å²) in [6.45, 7) is 5.72. The highest BCUT2D eigenvalue weighted by Gasteiger charge is 2.28. The number of piperazine rings is 1. The smallest absolute Gasteiger partial charge is 0.294 e. The number of nitro benzene ring substituents is 1. The van der Waals surface area contributed by atoms with Crippen molar-refractivity contribution in [3.63, 3.8) is 0 Å². The fourth-order valence-electron chi connectivity index (χ4n) is 3.25. The fourth-order valence-corrected chi connectivity index (χ4v) is 3.54. The monoisotopic (exact) mass is 403 g/mol. The van der Waals surface area contributed by atoms with Crippen LogP contribution in [0.15, 0.2) is 42.5 Å². The molecule has 0 aliphatic carbocycles. The van der Waals surface area contributed by atoms with Crippen LogP contribution in [0.5, 0.6) is 5.75 Å². The predicted octanol–water partition coefficient (Wildman–Crippen LogP) is 4.00. The van der Waals surface area contributed by atoms with E-state index >= 15 is 0 Å². The molecule has 1 heterocycles. The zero-order valence-corrected chi connectivity index (χ0v) is 16.6. The number of hydrogen-bond acceptors (Lipinski definition) is 5. The third-order valence-corrected chi connectivity index (χ3v) is 4.80. The third kappa shape index (κ3) is 4.36. The number of amides is 1. The molecule has 7 nitrogen and oxygen atoms in total. The molecule has 2 aromatic rings. The first-order valence-corrected chi connectivity index (χ1v) is 9.48. The van der Waals surface area contributed by atoms with Crippen LogP contribution in [0.4, 0.5) is 11.4 Å². The molecular formula is C20H22ClN3O4. The summed E-state index contributed by atoms with van der Waals surface area (Å²) in [4.78, 5) is 27.3. The first-order chi connectivity index (χ1) is 13.4. The summed E-state index contributed by atoms with van der Waals surface area (Å²) in [5, 5.41) is 11.7. The van der Waals surface area contributed by atoms with E-state index < -0.39 is 4.92 Å². The molecule has 1 saturated heterocycles. The molecule has 1 amide bonds. The Morgan fingerprint density at radius 2 is 1.82 bits per heavy atom. The van der Waals surface area contributed by atoms with E-state index in [9.17, 15) is 14.9 Å². The topological polar surface area (TPSA) is 75.9 Å². The van der Waals surface area contributed by atoms with Crippen LogP contribution < -0.4 is 9.64 Å². The van der Waals surface area contributed by atoms with E-state index in [4.69, 9.17) is 16.3 Å². The summed E-state index contributed by atoms with van der Waals surface area (Å²) in [7, 11) is 0. The fraction of sp³-hybridized carbons (Fsp3) is 0.350. The van der Waals surface area contributed by atoms with Crippen LogP contribution >= 0.6 is 11.6 Å². The molecule has 0 atom stereocenters. The van der Waals surface area contributed by atoms with Crippen molar-refractivity contribution in [2.24, 2.45) is 0 Å². The minimum atomic E-state index is -0.432. The molecule has 8 heteroatoms. The second-order valence-corrected chi connectivity index (χ2v) is 7.25. The van der Waals surface area contributed by atoms with Gasteiger partial charge in [0.25, 0.3) is 11.6 Å². The Morgan fingerprint density at radius 3 is 2.46 bits per heavy atom. The standard InChI is InChI=1S/C20H22ClN3O4/c1-14(2)28-16-6-3-5-15(13-16)20(25)23-11-9-22(10-12-23)19-17(21)7-4-8-18(19)24(26)27/h3-8,13-14H,9-12H2,1-2H3. The van der Waals surface area contributed by atoms with E-state index in [0.717, 1.165) is 0 Å². The largest absolute Gasteiger partial charge is 0.491 e. The van der Waals surface area contributed by atoms with Crippen molar-refractivity contribution in [1.82, 2.24) is 4.90 Å². The van der Waals surface area contributed by atoms with Crippen LogP contribution in [0, 0.1) is 10.1 Å². The zero-order valence-electron chi connectivity index (χ0n) is 15.8. The molecule has 3 rings (SSSR count). The molecule has 0 N–H and O–H groups in total. The molecule has 148 valence electrons. The van der Waals surface area contributed by atoms with E-state index in [-0.39, 0.29) is 17.7 Å². The van der Waals surface area contributed by atoms with Gasteiger partial charge in [0, 0.05) is 37.8 Å². The summed E-state index contributed by atoms with van der Waals surface area (Å²) in [5.41, 5.74) is 0.953. The van der Waals surface area contributed by atoms with Gasteiger partial charge >= 0.3 is 0 Å². The van der Waals surface area contributed by atoms with Crippen LogP contribution in [-0.4, -0.2) is 48.0 Å². The molecule has 0 bridgehead atoms. The van der Waals surface area contributed by atoms with Crippen LogP contribution in [0.25, 0.3) is 0 Å². The van der Waals surface area contributed by atoms with Crippen molar-refractivity contribution in [3.8, 4) is 5.75 Å². The lowest BCUT2D eigenvalue weighted by molar-refractivity contribution is -0.384. The van der Waals surface area contributed by atoms with Gasteiger partial charge in [-0.1, -0.05) is 23.7 Å². The minimum absolute atomic E-state index is 0.0224. The number of nitrogens with zero attached hydrogens (tertiary/aromatic N) is 3. The Kier molecular flexibility index (Phi) is 6.04. The molecule has 1 fully saturated rings. The lowest BCUT2D eigenvalue weighted by Crippen LogP contribution is -2.49. The molecule has 0 aromatic heterocycles. The van der Waals surface area contributed by atoms with Gasteiger partial charge in [0.05, 0.1) is 16.0 Å². The van der Waals surface area contributed by atoms with Gasteiger partial charge in [-0.15, -0.1) is 0 Å². The number of anilines is 1. The first-order valence-electron chi connectivity index (χ1n) is 9.10. The second kappa shape index (κ2) is 8.48. The van der Waals surface area contributed by atoms with E-state index in [1.165, 1.54) is 6.07 Å². The SMILES string of the molecule is CC(C)Oc1cccc(C(=O)N2CCN(c3c(Cl)cccc3[N+](=O)[O-])CC2)c1. The van der Waals surface area contributed by atoms with Crippen molar-refractivity contribution in [2.45, 2.75) is 20.0 Å². The summed E-state index contributed by atoms with van der Waals surface area (Å²) < 4.78 is 5.66. The first kappa shape index (κ1) is 19.9. The Bertz CT molecular complexity index is 880. The van der Waals surface area contributed by atoms with Crippen molar-refractivity contribution >= 4 is 28.9 Å². The van der Waals surface area contributed by atoms with Gasteiger partial charge in [-0.2, -0.15) is 0 Å². The van der Waals surface area contributed by atoms with Gasteiger partial charge in [0.1, 0.15) is 11.4 Å². The van der Waals surface area contributed by atoms with E-state index in [1.807, 2.05) is 24.8 Å². The van der Waals surface area contributed by atoms with Crippen LogP contribution in [-0.2, 0) is 0 Å². The Labute approximate surface area is 168 Å². The highest BCUT2D eigenvalue weighted by Crippen LogP contribution is 2.36. The Morgan fingerprint density at radius 1 is 1.14 bits per heavy atom. The number of para-hydroxylation sites is 1. The van der Waals surface area contributed by atoms with Gasteiger partial charge < -0.3 is 14.5 Å². The van der Waals surface area contributed by atoms with Gasteiger partial charge in [-0.05, 0) is 38.1 Å². The summed E-state index contributed by atoms with van der Waals surface area (Å²) >= 11 is 6.22. The van der Waals surface area contributed by atoms with Crippen molar-refractivity contribution in [1.29, 1.82) is 0 Å². The number of halogens is 1. The Balaban J connectivity index is 1.71. The summed E-state index contributed by atoms with van der Waals surface area (Å²) in [6.07, 6.45) is 0.0281. The Hall–Kier alpha value is -2.80. The van der Waals surface area contributed by atoms with E-state index in [2.05, 4.69) is 0 Å². The number of benzene rings is 2. The maximum Gasteiger partial charge on any atom is 0.294 e. The second-order valence-electron chi connectivity index (χ2n) is 6.84. The molecular weight excluding hydrogens is 382 g/mol. The normalized spacial score (nSPS) is 14.3. The summed E-state index contributed by atoms with van der Waals surface area (Å²) in [6, 6.07) is 11.8. The maximum absolute atomic E-state index is 12.8. The predicted molar refractivity (Wildman–Crippen MR) is 108 cm³/mol. The quantitative estimate of drug-likeness (QED) is 0.557. The molecule has 1 aliphatic rings. The zero-order chi connectivity index (χ0) is 20.3. The van der Waals surface area contributed by atoms with Crippen LogP contribution in [0.2, 0.25) is 5.02 Å². The summed E-state index contributed by atoms with van der Waals surface area (Å²) in [5.74, 6) is 0.577. The van der Waals surface area contributed by atoms with Crippen molar-refractivity contribution < 1.29 is 14.5 Å². The van der Waals surface area contributed by atoms with Gasteiger partial charge in [0.2, 0.25) is 0 Å². The number of nitro groups is 1. The lowest BCUT2D eigenvalue weighted by Gasteiger charge is -2.36. The van der Waals surface area contributed by atoms with Gasteiger partial charge in [-0.25, -0.2) is 0 Å². The van der Waals surface area contributed by atoms with Crippen LogP contribution in [0.3, 0.4) is 0 Å². The van der Waals surface area contributed by atoms with Crippen molar-refractivity contribution in [2.75, 3.05) is 31.1 Å². The minimum Gasteiger partial charge on any atom is -0.491 e. The number of hydrogen-bond donors (Lipinski definition) is 0. The molecule has 0 spiro atoms. The number of carbonyl (C=O) groups excluding carboxylic acids is 1. The lowest BCUT2D eigenvalue weighted by atomic mass is 10.1. The molecule has 0 unspecified atom stereocenters. The number of ether oxygens (including phenoxy) is 1. The molecule has 2 aromatic carbocycles. The highest BCUT2D eigenvalue weighted by molar-refractivity contribution is 6.33. The van der Waals surface area contributed by atoms with E-state index in [0.29, 0.717) is 48.2 Å². The van der Waals surface area contributed by atoms with Crippen LogP contribution in [0.1, 0.15) is 24.2 Å². The molecule has 0 saturated carbocycles. The average molecular weight is 404 g/mol. The third-order valence-electron chi connectivity index (χ3n) is 4.50. The average Bonchev–Trinajstić information content (AvgIpc) is 2.67.